The smallest absolute Gasteiger partial charge is 0.224 e. The number of fused-ring (bicyclic) bond motifs is 1. The van der Waals surface area contributed by atoms with Crippen LogP contribution in [0.2, 0.25) is 0 Å². The molecule has 7 heteroatoms. The van der Waals surface area contributed by atoms with Crippen LogP contribution in [0, 0.1) is 20.8 Å². The molecular weight excluding hydrogens is 344 g/mol. The summed E-state index contributed by atoms with van der Waals surface area (Å²) in [5, 5.41) is 12.0. The molecule has 27 heavy (non-hydrogen) atoms. The highest BCUT2D eigenvalue weighted by Crippen LogP contribution is 2.30. The Morgan fingerprint density at radius 2 is 2.11 bits per heavy atom. The second-order valence-electron chi connectivity index (χ2n) is 6.84. The quantitative estimate of drug-likeness (QED) is 0.617. The first kappa shape index (κ1) is 19.1. The summed E-state index contributed by atoms with van der Waals surface area (Å²) in [5.41, 5.74) is 5.21. The lowest BCUT2D eigenvalue weighted by Gasteiger charge is -2.08. The van der Waals surface area contributed by atoms with E-state index in [9.17, 15) is 4.79 Å². The third-order valence-corrected chi connectivity index (χ3v) is 4.86. The van der Waals surface area contributed by atoms with Crippen LogP contribution in [0.4, 0.5) is 0 Å². The molecule has 2 heterocycles. The molecule has 3 aromatic rings. The van der Waals surface area contributed by atoms with Crippen molar-refractivity contribution < 1.29 is 13.9 Å². The minimum absolute atomic E-state index is 0.0678. The molecule has 1 amide bonds. The summed E-state index contributed by atoms with van der Waals surface area (Å²) in [4.78, 5) is 12.5. The summed E-state index contributed by atoms with van der Waals surface area (Å²) in [6, 6.07) is 2.14. The molecule has 0 atom stereocenters. The normalized spacial score (nSPS) is 11.3. The molecule has 0 spiro atoms. The first-order chi connectivity index (χ1) is 13.0. The van der Waals surface area contributed by atoms with E-state index in [0.29, 0.717) is 13.2 Å². The number of carbonyl (C=O) groups is 1. The number of amides is 1. The van der Waals surface area contributed by atoms with Gasteiger partial charge in [-0.2, -0.15) is 0 Å². The van der Waals surface area contributed by atoms with Crippen molar-refractivity contribution in [2.24, 2.45) is 0 Å². The van der Waals surface area contributed by atoms with Gasteiger partial charge in [0.15, 0.2) is 5.82 Å². The van der Waals surface area contributed by atoms with Crippen molar-refractivity contribution in [1.29, 1.82) is 0 Å². The molecule has 0 bridgehead atoms. The van der Waals surface area contributed by atoms with Gasteiger partial charge in [-0.1, -0.05) is 6.07 Å². The molecule has 3 rings (SSSR count). The largest absolute Gasteiger partial charge is 0.464 e. The average molecular weight is 370 g/mol. The molecule has 0 aliphatic rings. The molecule has 0 unspecified atom stereocenters. The summed E-state index contributed by atoms with van der Waals surface area (Å²) in [5.74, 6) is 0.668. The second kappa shape index (κ2) is 8.35. The topological polar surface area (TPSA) is 82.2 Å². The molecule has 0 saturated heterocycles. The van der Waals surface area contributed by atoms with Crippen LogP contribution in [-0.4, -0.2) is 34.4 Å². The fourth-order valence-corrected chi connectivity index (χ4v) is 3.31. The minimum Gasteiger partial charge on any atom is -0.464 e. The van der Waals surface area contributed by atoms with Gasteiger partial charge in [-0.15, -0.1) is 10.2 Å². The lowest BCUT2D eigenvalue weighted by atomic mass is 9.99. The number of aromatic nitrogens is 3. The van der Waals surface area contributed by atoms with E-state index < -0.39 is 0 Å². The lowest BCUT2D eigenvalue weighted by Crippen LogP contribution is -2.26. The predicted molar refractivity (Wildman–Crippen MR) is 102 cm³/mol. The predicted octanol–water partition coefficient (Wildman–Crippen LogP) is 2.84. The number of furan rings is 1. The van der Waals surface area contributed by atoms with Crippen LogP contribution in [0.5, 0.6) is 0 Å². The Bertz CT molecular complexity index is 942. The molecule has 0 aliphatic heterocycles. The number of rotatable bonds is 8. The van der Waals surface area contributed by atoms with Crippen molar-refractivity contribution in [3.05, 3.63) is 46.7 Å². The van der Waals surface area contributed by atoms with E-state index in [1.165, 1.54) is 5.56 Å². The lowest BCUT2D eigenvalue weighted by molar-refractivity contribution is -0.120. The number of hydrogen-bond acceptors (Lipinski definition) is 5. The summed E-state index contributed by atoms with van der Waals surface area (Å²) in [6.45, 7) is 7.94. The van der Waals surface area contributed by atoms with Gasteiger partial charge < -0.3 is 19.0 Å². The van der Waals surface area contributed by atoms with Gasteiger partial charge in [0.05, 0.1) is 19.2 Å². The fourth-order valence-electron chi connectivity index (χ4n) is 3.31. The third-order valence-electron chi connectivity index (χ3n) is 4.86. The number of aryl methyl sites for hydroxylation is 4. The highest BCUT2D eigenvalue weighted by atomic mass is 16.5. The van der Waals surface area contributed by atoms with Crippen molar-refractivity contribution in [1.82, 2.24) is 20.1 Å². The van der Waals surface area contributed by atoms with E-state index in [4.69, 9.17) is 9.15 Å². The summed E-state index contributed by atoms with van der Waals surface area (Å²) >= 11 is 0. The maximum absolute atomic E-state index is 12.5. The minimum atomic E-state index is -0.0678. The van der Waals surface area contributed by atoms with E-state index in [-0.39, 0.29) is 12.3 Å². The van der Waals surface area contributed by atoms with Gasteiger partial charge in [0, 0.05) is 31.2 Å². The molecule has 1 aromatic carbocycles. The summed E-state index contributed by atoms with van der Waals surface area (Å²) < 4.78 is 12.7. The van der Waals surface area contributed by atoms with E-state index in [1.807, 2.05) is 18.4 Å². The standard InChI is InChI=1S/C20H26N4O3/c1-13-8-14(2)19-16(11-27-20(19)15(13)3)9-18(25)21-10-17-23-22-12-24(17)6-5-7-26-4/h8,11-12H,5-7,9-10H2,1-4H3,(H,21,25). The number of ether oxygens (including phenoxy) is 1. The van der Waals surface area contributed by atoms with Crippen LogP contribution in [0.15, 0.2) is 23.1 Å². The fraction of sp³-hybridized carbons (Fsp3) is 0.450. The Labute approximate surface area is 158 Å². The Kier molecular flexibility index (Phi) is 5.91. The van der Waals surface area contributed by atoms with Crippen molar-refractivity contribution >= 4 is 16.9 Å². The van der Waals surface area contributed by atoms with Gasteiger partial charge in [-0.3, -0.25) is 4.79 Å². The van der Waals surface area contributed by atoms with Gasteiger partial charge in [0.1, 0.15) is 11.9 Å². The van der Waals surface area contributed by atoms with Crippen LogP contribution in [0.25, 0.3) is 11.0 Å². The first-order valence-corrected chi connectivity index (χ1v) is 9.10. The zero-order chi connectivity index (χ0) is 19.4. The maximum Gasteiger partial charge on any atom is 0.224 e. The number of carbonyl (C=O) groups excluding carboxylic acids is 1. The second-order valence-corrected chi connectivity index (χ2v) is 6.84. The Morgan fingerprint density at radius 1 is 1.30 bits per heavy atom. The molecule has 0 saturated carbocycles. The number of nitrogens with zero attached hydrogens (tertiary/aromatic N) is 3. The molecule has 2 aromatic heterocycles. The average Bonchev–Trinajstić information content (AvgIpc) is 3.25. The molecule has 0 aliphatic carbocycles. The van der Waals surface area contributed by atoms with Gasteiger partial charge in [-0.05, 0) is 43.9 Å². The first-order valence-electron chi connectivity index (χ1n) is 9.10. The van der Waals surface area contributed by atoms with Crippen molar-refractivity contribution in [2.75, 3.05) is 13.7 Å². The van der Waals surface area contributed by atoms with Crippen molar-refractivity contribution in [2.45, 2.75) is 46.7 Å². The SMILES string of the molecule is COCCCn1cnnc1CNC(=O)Cc1coc2c(C)c(C)cc(C)c12. The Morgan fingerprint density at radius 3 is 2.89 bits per heavy atom. The maximum atomic E-state index is 12.5. The van der Waals surface area contributed by atoms with E-state index >= 15 is 0 Å². The van der Waals surface area contributed by atoms with Gasteiger partial charge in [0.2, 0.25) is 5.91 Å². The summed E-state index contributed by atoms with van der Waals surface area (Å²) in [7, 11) is 1.68. The van der Waals surface area contributed by atoms with Crippen LogP contribution >= 0.6 is 0 Å². The molecule has 0 radical (unpaired) electrons. The molecule has 1 N–H and O–H groups in total. The Hall–Kier alpha value is -2.67. The Balaban J connectivity index is 1.65. The van der Waals surface area contributed by atoms with Crippen molar-refractivity contribution in [3.63, 3.8) is 0 Å². The van der Waals surface area contributed by atoms with Crippen LogP contribution in [0.3, 0.4) is 0 Å². The van der Waals surface area contributed by atoms with E-state index in [0.717, 1.165) is 46.4 Å². The van der Waals surface area contributed by atoms with E-state index in [1.54, 1.807) is 19.7 Å². The molecule has 7 nitrogen and oxygen atoms in total. The summed E-state index contributed by atoms with van der Waals surface area (Å²) in [6.07, 6.45) is 4.51. The highest BCUT2D eigenvalue weighted by molar-refractivity contribution is 5.91. The number of methoxy groups -OCH3 is 1. The molecule has 0 fully saturated rings. The van der Waals surface area contributed by atoms with Crippen LogP contribution < -0.4 is 5.32 Å². The van der Waals surface area contributed by atoms with Crippen LogP contribution in [0.1, 0.15) is 34.5 Å². The monoisotopic (exact) mass is 370 g/mol. The number of nitrogens with one attached hydrogen (secondary N) is 1. The van der Waals surface area contributed by atoms with Gasteiger partial charge in [0.25, 0.3) is 0 Å². The van der Waals surface area contributed by atoms with E-state index in [2.05, 4.69) is 28.5 Å². The van der Waals surface area contributed by atoms with Crippen molar-refractivity contribution in [3.8, 4) is 0 Å². The highest BCUT2D eigenvalue weighted by Gasteiger charge is 2.16. The molecular formula is C20H26N4O3. The van der Waals surface area contributed by atoms with Gasteiger partial charge >= 0.3 is 0 Å². The third kappa shape index (κ3) is 4.19. The number of benzene rings is 1. The zero-order valence-electron chi connectivity index (χ0n) is 16.3. The van der Waals surface area contributed by atoms with Gasteiger partial charge in [-0.25, -0.2) is 0 Å². The molecule has 144 valence electrons. The van der Waals surface area contributed by atoms with Crippen LogP contribution in [-0.2, 0) is 29.0 Å². The number of hydrogen-bond donors (Lipinski definition) is 1. The zero-order valence-corrected chi connectivity index (χ0v) is 16.3.